The number of rotatable bonds is 6. The fourth-order valence-corrected chi connectivity index (χ4v) is 3.26. The molecule has 4 nitrogen and oxygen atoms in total. The van der Waals surface area contributed by atoms with E-state index in [4.69, 9.17) is 0 Å². The van der Waals surface area contributed by atoms with Gasteiger partial charge < -0.3 is 10.2 Å². The largest absolute Gasteiger partial charge is 0.357 e. The molecule has 0 saturated carbocycles. The summed E-state index contributed by atoms with van der Waals surface area (Å²) in [5.41, 5.74) is 2.17. The molecule has 1 aliphatic rings. The van der Waals surface area contributed by atoms with Crippen LogP contribution in [-0.2, 0) is 11.3 Å². The van der Waals surface area contributed by atoms with Crippen molar-refractivity contribution in [2.45, 2.75) is 38.6 Å². The number of nitrogens with one attached hydrogen (secondary N) is 1. The zero-order chi connectivity index (χ0) is 16.8. The van der Waals surface area contributed by atoms with Crippen LogP contribution in [0.5, 0.6) is 0 Å². The van der Waals surface area contributed by atoms with Crippen LogP contribution in [-0.4, -0.2) is 24.0 Å². The molecule has 1 aromatic heterocycles. The molecule has 1 N–H and O–H groups in total. The molecule has 126 valence electrons. The molecule has 0 radical (unpaired) electrons. The van der Waals surface area contributed by atoms with Gasteiger partial charge in [-0.15, -0.1) is 0 Å². The average molecular weight is 323 g/mol. The van der Waals surface area contributed by atoms with Gasteiger partial charge in [-0.2, -0.15) is 0 Å². The average Bonchev–Trinajstić information content (AvgIpc) is 3.16. The minimum Gasteiger partial charge on any atom is -0.357 e. The number of pyridine rings is 1. The highest BCUT2D eigenvalue weighted by Gasteiger charge is 2.18. The summed E-state index contributed by atoms with van der Waals surface area (Å²) < 4.78 is 0. The third kappa shape index (κ3) is 3.94. The van der Waals surface area contributed by atoms with Crippen molar-refractivity contribution in [3.63, 3.8) is 0 Å². The van der Waals surface area contributed by atoms with E-state index in [1.165, 1.54) is 12.8 Å². The lowest BCUT2D eigenvalue weighted by Gasteiger charge is -2.18. The number of anilines is 1. The number of nitrogens with zero attached hydrogens (tertiary/aromatic N) is 2. The predicted octanol–water partition coefficient (Wildman–Crippen LogP) is 3.49. The first-order chi connectivity index (χ1) is 11.8. The monoisotopic (exact) mass is 323 g/mol. The number of hydrogen-bond acceptors (Lipinski definition) is 3. The molecule has 24 heavy (non-hydrogen) atoms. The Morgan fingerprint density at radius 2 is 1.96 bits per heavy atom. The second-order valence-corrected chi connectivity index (χ2v) is 6.31. The van der Waals surface area contributed by atoms with Crippen molar-refractivity contribution in [3.05, 3.63) is 59.8 Å². The maximum absolute atomic E-state index is 12.6. The first-order valence-electron chi connectivity index (χ1n) is 8.80. The zero-order valence-electron chi connectivity index (χ0n) is 14.2. The van der Waals surface area contributed by atoms with Gasteiger partial charge in [0.25, 0.3) is 0 Å². The number of amides is 1. The lowest BCUT2D eigenvalue weighted by atomic mass is 9.95. The smallest absolute Gasteiger partial charge is 0.227 e. The van der Waals surface area contributed by atoms with Gasteiger partial charge in [0.05, 0.1) is 5.92 Å². The Morgan fingerprint density at radius 3 is 2.67 bits per heavy atom. The molecule has 1 fully saturated rings. The van der Waals surface area contributed by atoms with Gasteiger partial charge >= 0.3 is 0 Å². The van der Waals surface area contributed by atoms with Crippen LogP contribution in [0, 0.1) is 0 Å². The molecule has 2 heterocycles. The van der Waals surface area contributed by atoms with Crippen LogP contribution in [0.1, 0.15) is 43.2 Å². The summed E-state index contributed by atoms with van der Waals surface area (Å²) >= 11 is 0. The normalized spacial score (nSPS) is 15.3. The summed E-state index contributed by atoms with van der Waals surface area (Å²) in [6.07, 6.45) is 5.10. The molecular formula is C20H25N3O. The number of benzene rings is 1. The molecule has 1 aliphatic heterocycles. The van der Waals surface area contributed by atoms with Crippen molar-refractivity contribution >= 4 is 11.7 Å². The van der Waals surface area contributed by atoms with Crippen LogP contribution in [0.3, 0.4) is 0 Å². The van der Waals surface area contributed by atoms with Crippen LogP contribution in [0.2, 0.25) is 0 Å². The van der Waals surface area contributed by atoms with Gasteiger partial charge in [-0.25, -0.2) is 4.98 Å². The molecule has 1 amide bonds. The molecule has 3 rings (SSSR count). The summed E-state index contributed by atoms with van der Waals surface area (Å²) in [6, 6.07) is 14.0. The van der Waals surface area contributed by atoms with E-state index in [0.29, 0.717) is 6.54 Å². The van der Waals surface area contributed by atoms with Crippen molar-refractivity contribution in [1.29, 1.82) is 0 Å². The molecule has 0 unspecified atom stereocenters. The quantitative estimate of drug-likeness (QED) is 0.885. The van der Waals surface area contributed by atoms with E-state index in [2.05, 4.69) is 28.2 Å². The maximum atomic E-state index is 12.6. The first-order valence-corrected chi connectivity index (χ1v) is 8.80. The van der Waals surface area contributed by atoms with E-state index in [1.807, 2.05) is 42.6 Å². The van der Waals surface area contributed by atoms with E-state index in [1.54, 1.807) is 0 Å². The Kier molecular flexibility index (Phi) is 5.47. The summed E-state index contributed by atoms with van der Waals surface area (Å²) in [5.74, 6) is 1.02. The molecule has 0 bridgehead atoms. The highest BCUT2D eigenvalue weighted by atomic mass is 16.1. The van der Waals surface area contributed by atoms with Crippen LogP contribution < -0.4 is 10.2 Å². The molecule has 0 spiro atoms. The predicted molar refractivity (Wildman–Crippen MR) is 97.0 cm³/mol. The van der Waals surface area contributed by atoms with E-state index in [-0.39, 0.29) is 11.8 Å². The number of carbonyl (C=O) groups excluding carboxylic acids is 1. The van der Waals surface area contributed by atoms with Gasteiger partial charge in [-0.3, -0.25) is 4.79 Å². The van der Waals surface area contributed by atoms with Crippen molar-refractivity contribution in [2.75, 3.05) is 18.0 Å². The van der Waals surface area contributed by atoms with Crippen molar-refractivity contribution in [3.8, 4) is 0 Å². The Balaban J connectivity index is 1.62. The molecular weight excluding hydrogens is 298 g/mol. The Bertz CT molecular complexity index is 666. The lowest BCUT2D eigenvalue weighted by Crippen LogP contribution is -2.29. The van der Waals surface area contributed by atoms with Crippen molar-refractivity contribution in [2.24, 2.45) is 0 Å². The topological polar surface area (TPSA) is 45.2 Å². The first kappa shape index (κ1) is 16.5. The van der Waals surface area contributed by atoms with E-state index >= 15 is 0 Å². The summed E-state index contributed by atoms with van der Waals surface area (Å²) in [4.78, 5) is 19.3. The van der Waals surface area contributed by atoms with Gasteiger partial charge in [0, 0.05) is 25.8 Å². The SMILES string of the molecule is CC[C@H](C(=O)NCc1ccnc(N2CCCC2)c1)c1ccccc1. The molecule has 4 heteroatoms. The number of aromatic nitrogens is 1. The summed E-state index contributed by atoms with van der Waals surface area (Å²) in [7, 11) is 0. The molecule has 1 saturated heterocycles. The Morgan fingerprint density at radius 1 is 1.21 bits per heavy atom. The fraction of sp³-hybridized carbons (Fsp3) is 0.400. The van der Waals surface area contributed by atoms with Gasteiger partial charge in [-0.05, 0) is 42.5 Å². The lowest BCUT2D eigenvalue weighted by molar-refractivity contribution is -0.122. The van der Waals surface area contributed by atoms with E-state index in [9.17, 15) is 4.79 Å². The van der Waals surface area contributed by atoms with E-state index < -0.39 is 0 Å². The second kappa shape index (κ2) is 7.95. The highest BCUT2D eigenvalue weighted by Crippen LogP contribution is 2.20. The number of carbonyl (C=O) groups is 1. The van der Waals surface area contributed by atoms with Crippen molar-refractivity contribution in [1.82, 2.24) is 10.3 Å². The van der Waals surface area contributed by atoms with Gasteiger partial charge in [0.1, 0.15) is 5.82 Å². The third-order valence-electron chi connectivity index (χ3n) is 4.63. The molecule has 1 atom stereocenters. The van der Waals surface area contributed by atoms with Crippen LogP contribution in [0.4, 0.5) is 5.82 Å². The molecule has 0 aliphatic carbocycles. The highest BCUT2D eigenvalue weighted by molar-refractivity contribution is 5.83. The Hall–Kier alpha value is -2.36. The van der Waals surface area contributed by atoms with Crippen molar-refractivity contribution < 1.29 is 4.79 Å². The minimum atomic E-state index is -0.0916. The zero-order valence-corrected chi connectivity index (χ0v) is 14.2. The molecule has 2 aromatic rings. The Labute approximate surface area is 143 Å². The standard InChI is InChI=1S/C20H25N3O/c1-2-18(17-8-4-3-5-9-17)20(24)22-15-16-10-11-21-19(14-16)23-12-6-7-13-23/h3-5,8-11,14,18H,2,6-7,12-13,15H2,1H3,(H,22,24)/t18-/m0/s1. The van der Waals surface area contributed by atoms with E-state index in [0.717, 1.165) is 36.5 Å². The number of hydrogen-bond donors (Lipinski definition) is 1. The van der Waals surface area contributed by atoms with Gasteiger partial charge in [0.15, 0.2) is 0 Å². The van der Waals surface area contributed by atoms with Crippen LogP contribution in [0.15, 0.2) is 48.7 Å². The summed E-state index contributed by atoms with van der Waals surface area (Å²) in [6.45, 7) is 4.75. The maximum Gasteiger partial charge on any atom is 0.227 e. The second-order valence-electron chi connectivity index (χ2n) is 6.31. The van der Waals surface area contributed by atoms with Crippen LogP contribution >= 0.6 is 0 Å². The fourth-order valence-electron chi connectivity index (χ4n) is 3.26. The third-order valence-corrected chi connectivity index (χ3v) is 4.63. The summed E-state index contributed by atoms with van der Waals surface area (Å²) in [5, 5.41) is 3.08. The van der Waals surface area contributed by atoms with Crippen LogP contribution in [0.25, 0.3) is 0 Å². The van der Waals surface area contributed by atoms with Gasteiger partial charge in [-0.1, -0.05) is 37.3 Å². The van der Waals surface area contributed by atoms with Gasteiger partial charge in [0.2, 0.25) is 5.91 Å². The minimum absolute atomic E-state index is 0.0863. The molecule has 1 aromatic carbocycles.